The predicted octanol–water partition coefficient (Wildman–Crippen LogP) is 1.69. The summed E-state index contributed by atoms with van der Waals surface area (Å²) in [6.07, 6.45) is 0. The summed E-state index contributed by atoms with van der Waals surface area (Å²) in [5.41, 5.74) is 0.597. The van der Waals surface area contributed by atoms with Gasteiger partial charge in [0.15, 0.2) is 0 Å². The van der Waals surface area contributed by atoms with Gasteiger partial charge in [-0.15, -0.1) is 3.89 Å². The summed E-state index contributed by atoms with van der Waals surface area (Å²) in [6.45, 7) is 0. The second-order valence-corrected chi connectivity index (χ2v) is 4.72. The first-order chi connectivity index (χ1) is 6.79. The summed E-state index contributed by atoms with van der Waals surface area (Å²) in [5, 5.41) is 0. The normalized spacial score (nSPS) is 11.5. The molecule has 0 radical (unpaired) electrons. The van der Waals surface area contributed by atoms with E-state index in [-0.39, 0.29) is 5.56 Å². The fraction of sp³-hybridized carbons (Fsp3) is 0.333. The lowest BCUT2D eigenvalue weighted by molar-refractivity contribution is 0.551. The molecule has 0 heterocycles. The average molecular weight is 235 g/mol. The monoisotopic (exact) mass is 235 g/mol. The minimum absolute atomic E-state index is 0.240. The quantitative estimate of drug-likeness (QED) is 0.748. The van der Waals surface area contributed by atoms with Gasteiger partial charge in [0.05, 0.1) is 0 Å². The number of nitrogens with zero attached hydrogens (tertiary/aromatic N) is 1. The maximum atomic E-state index is 12.9. The van der Waals surface area contributed by atoms with E-state index in [1.54, 1.807) is 14.1 Å². The molecule has 1 aromatic rings. The van der Waals surface area contributed by atoms with Gasteiger partial charge in [-0.25, -0.2) is 4.39 Å². The molecule has 0 aliphatic carbocycles. The molecule has 0 amide bonds. The van der Waals surface area contributed by atoms with Crippen molar-refractivity contribution in [2.45, 2.75) is 5.75 Å². The van der Waals surface area contributed by atoms with Gasteiger partial charge in [0.1, 0.15) is 11.6 Å². The Bertz CT molecular complexity index is 457. The fourth-order valence-corrected chi connectivity index (χ4v) is 1.88. The van der Waals surface area contributed by atoms with Crippen molar-refractivity contribution in [3.05, 3.63) is 29.6 Å². The van der Waals surface area contributed by atoms with Crippen LogP contribution in [-0.2, 0) is 16.0 Å². The average Bonchev–Trinajstić information content (AvgIpc) is 2.05. The molecule has 84 valence electrons. The van der Waals surface area contributed by atoms with Crippen LogP contribution in [0.1, 0.15) is 5.56 Å². The topological polar surface area (TPSA) is 37.4 Å². The molecule has 3 nitrogen and oxygen atoms in total. The van der Waals surface area contributed by atoms with E-state index in [2.05, 4.69) is 0 Å². The van der Waals surface area contributed by atoms with Gasteiger partial charge in [0, 0.05) is 19.8 Å². The molecule has 0 aliphatic rings. The molecule has 15 heavy (non-hydrogen) atoms. The molecule has 1 aromatic carbocycles. The van der Waals surface area contributed by atoms with E-state index in [1.807, 2.05) is 0 Å². The van der Waals surface area contributed by atoms with E-state index < -0.39 is 21.8 Å². The standard InChI is InChI=1S/C9H11F2NO2S/c1-12(2)9-5-8(10)4-3-7(9)6-15(11,13)14/h3-5H,6H2,1-2H3. The van der Waals surface area contributed by atoms with Gasteiger partial charge in [0.2, 0.25) is 0 Å². The van der Waals surface area contributed by atoms with Gasteiger partial charge in [-0.2, -0.15) is 8.42 Å². The molecular formula is C9H11F2NO2S. The van der Waals surface area contributed by atoms with Crippen LogP contribution in [0.5, 0.6) is 0 Å². The number of anilines is 1. The molecule has 6 heteroatoms. The third kappa shape index (κ3) is 3.47. The Morgan fingerprint density at radius 3 is 2.40 bits per heavy atom. The maximum absolute atomic E-state index is 12.9. The highest BCUT2D eigenvalue weighted by Gasteiger charge is 2.14. The Balaban J connectivity index is 3.18. The molecule has 0 atom stereocenters. The van der Waals surface area contributed by atoms with Crippen molar-refractivity contribution in [2.24, 2.45) is 0 Å². The first kappa shape index (κ1) is 11.9. The molecule has 0 aromatic heterocycles. The first-order valence-corrected chi connectivity index (χ1v) is 5.73. The summed E-state index contributed by atoms with van der Waals surface area (Å²) in [6, 6.07) is 3.54. The van der Waals surface area contributed by atoms with E-state index in [0.717, 1.165) is 6.07 Å². The number of halogens is 2. The second-order valence-electron chi connectivity index (χ2n) is 3.35. The van der Waals surface area contributed by atoms with Crippen LogP contribution in [0.2, 0.25) is 0 Å². The van der Waals surface area contributed by atoms with Crippen LogP contribution in [0.25, 0.3) is 0 Å². The molecule has 0 unspecified atom stereocenters. The van der Waals surface area contributed by atoms with Crippen LogP contribution >= 0.6 is 0 Å². The molecule has 0 bridgehead atoms. The Labute approximate surface area is 87.5 Å². The Kier molecular flexibility index (Phi) is 3.28. The Hall–Kier alpha value is -1.17. The van der Waals surface area contributed by atoms with Crippen molar-refractivity contribution >= 4 is 15.9 Å². The summed E-state index contributed by atoms with van der Waals surface area (Å²) >= 11 is 0. The first-order valence-electron chi connectivity index (χ1n) is 4.17. The largest absolute Gasteiger partial charge is 0.377 e. The summed E-state index contributed by atoms with van der Waals surface area (Å²) in [4.78, 5) is 1.53. The van der Waals surface area contributed by atoms with E-state index in [4.69, 9.17) is 0 Å². The van der Waals surface area contributed by atoms with Gasteiger partial charge in [-0.3, -0.25) is 0 Å². The van der Waals surface area contributed by atoms with E-state index in [0.29, 0.717) is 5.69 Å². The Morgan fingerprint density at radius 2 is 1.93 bits per heavy atom. The number of hydrogen-bond donors (Lipinski definition) is 0. The maximum Gasteiger partial charge on any atom is 0.306 e. The van der Waals surface area contributed by atoms with Gasteiger partial charge < -0.3 is 4.90 Å². The number of benzene rings is 1. The minimum atomic E-state index is -4.60. The van der Waals surface area contributed by atoms with Crippen LogP contribution in [0.3, 0.4) is 0 Å². The number of rotatable bonds is 3. The number of hydrogen-bond acceptors (Lipinski definition) is 3. The zero-order chi connectivity index (χ0) is 11.6. The molecule has 0 N–H and O–H groups in total. The second kappa shape index (κ2) is 4.14. The van der Waals surface area contributed by atoms with Gasteiger partial charge >= 0.3 is 10.2 Å². The third-order valence-corrected chi connectivity index (χ3v) is 2.51. The molecule has 1 rings (SSSR count). The summed E-state index contributed by atoms with van der Waals surface area (Å²) in [5.74, 6) is -1.22. The SMILES string of the molecule is CN(C)c1cc(F)ccc1CS(=O)(=O)F. The highest BCUT2D eigenvalue weighted by molar-refractivity contribution is 7.85. The van der Waals surface area contributed by atoms with Crippen LogP contribution in [-0.4, -0.2) is 22.5 Å². The lowest BCUT2D eigenvalue weighted by atomic mass is 10.2. The predicted molar refractivity (Wildman–Crippen MR) is 54.5 cm³/mol. The molecular weight excluding hydrogens is 224 g/mol. The summed E-state index contributed by atoms with van der Waals surface area (Å²) in [7, 11) is -1.34. The zero-order valence-electron chi connectivity index (χ0n) is 8.37. The van der Waals surface area contributed by atoms with E-state index in [1.165, 1.54) is 17.0 Å². The van der Waals surface area contributed by atoms with E-state index >= 15 is 0 Å². The van der Waals surface area contributed by atoms with Crippen LogP contribution in [0.4, 0.5) is 14.0 Å². The molecule has 0 spiro atoms. The molecule has 0 saturated carbocycles. The third-order valence-electron chi connectivity index (χ3n) is 1.86. The van der Waals surface area contributed by atoms with Crippen molar-refractivity contribution in [3.8, 4) is 0 Å². The van der Waals surface area contributed by atoms with Crippen LogP contribution in [0.15, 0.2) is 18.2 Å². The minimum Gasteiger partial charge on any atom is -0.377 e. The smallest absolute Gasteiger partial charge is 0.306 e. The van der Waals surface area contributed by atoms with Gasteiger partial charge in [0.25, 0.3) is 0 Å². The van der Waals surface area contributed by atoms with Crippen molar-refractivity contribution in [2.75, 3.05) is 19.0 Å². The fourth-order valence-electron chi connectivity index (χ4n) is 1.26. The summed E-state index contributed by atoms with van der Waals surface area (Å²) < 4.78 is 46.3. The van der Waals surface area contributed by atoms with Crippen LogP contribution in [0, 0.1) is 5.82 Å². The highest BCUT2D eigenvalue weighted by Crippen LogP contribution is 2.22. The van der Waals surface area contributed by atoms with Crippen molar-refractivity contribution in [1.29, 1.82) is 0 Å². The van der Waals surface area contributed by atoms with Crippen molar-refractivity contribution in [3.63, 3.8) is 0 Å². The van der Waals surface area contributed by atoms with Crippen molar-refractivity contribution < 1.29 is 16.7 Å². The van der Waals surface area contributed by atoms with E-state index in [9.17, 15) is 16.7 Å². The zero-order valence-corrected chi connectivity index (χ0v) is 9.18. The molecule has 0 saturated heterocycles. The Morgan fingerprint density at radius 1 is 1.33 bits per heavy atom. The highest BCUT2D eigenvalue weighted by atomic mass is 32.3. The lowest BCUT2D eigenvalue weighted by Crippen LogP contribution is -2.12. The van der Waals surface area contributed by atoms with Crippen molar-refractivity contribution in [1.82, 2.24) is 0 Å². The van der Waals surface area contributed by atoms with Crippen LogP contribution < -0.4 is 4.90 Å². The van der Waals surface area contributed by atoms with Gasteiger partial charge in [-0.05, 0) is 17.7 Å². The molecule has 0 aliphatic heterocycles. The lowest BCUT2D eigenvalue weighted by Gasteiger charge is -2.16. The van der Waals surface area contributed by atoms with Gasteiger partial charge in [-0.1, -0.05) is 6.07 Å². The molecule has 0 fully saturated rings.